The van der Waals surface area contributed by atoms with Crippen LogP contribution in [0.25, 0.3) is 11.0 Å². The Labute approximate surface area is 316 Å². The molecule has 0 spiro atoms. The van der Waals surface area contributed by atoms with E-state index in [1.165, 1.54) is 12.1 Å². The van der Waals surface area contributed by atoms with E-state index >= 15 is 0 Å². The number of ether oxygens (including phenoxy) is 1. The third kappa shape index (κ3) is 8.01. The Morgan fingerprint density at radius 3 is 2.25 bits per heavy atom. The maximum absolute atomic E-state index is 13.6. The molecule has 0 atom stereocenters. The quantitative estimate of drug-likeness (QED) is 0.0902. The molecule has 1 aliphatic heterocycles. The zero-order valence-corrected chi connectivity index (χ0v) is 31.1. The fourth-order valence-electron chi connectivity index (χ4n) is 6.48. The molecule has 3 aromatic heterocycles. The molecule has 0 saturated carbocycles. The van der Waals surface area contributed by atoms with Crippen LogP contribution in [0.4, 0.5) is 11.6 Å². The summed E-state index contributed by atoms with van der Waals surface area (Å²) in [6.07, 6.45) is 4.38. The van der Waals surface area contributed by atoms with Crippen LogP contribution in [-0.4, -0.2) is 83.4 Å². The average Bonchev–Trinajstić information content (AvgIpc) is 3.92. The Hall–Kier alpha value is -6.62. The summed E-state index contributed by atoms with van der Waals surface area (Å²) in [5, 5.41) is 21.1. The Balaban J connectivity index is 1.36. The molecule has 0 saturated heterocycles. The highest BCUT2D eigenvalue weighted by atomic mass is 16.5. The fourth-order valence-corrected chi connectivity index (χ4v) is 6.48. The highest BCUT2D eigenvalue weighted by Crippen LogP contribution is 2.33. The predicted molar refractivity (Wildman–Crippen MR) is 206 cm³/mol. The van der Waals surface area contributed by atoms with Gasteiger partial charge in [0, 0.05) is 62.4 Å². The summed E-state index contributed by atoms with van der Waals surface area (Å²) in [4.78, 5) is 62.4. The maximum Gasteiger partial charge on any atom is 0.296 e. The van der Waals surface area contributed by atoms with E-state index in [-0.39, 0.29) is 37.8 Å². The number of primary amides is 2. The van der Waals surface area contributed by atoms with Crippen LogP contribution >= 0.6 is 0 Å². The van der Waals surface area contributed by atoms with Gasteiger partial charge in [-0.1, -0.05) is 12.2 Å². The number of nitrogens with zero attached hydrogens (tertiary/aromatic N) is 8. The first-order valence-electron chi connectivity index (χ1n) is 17.9. The van der Waals surface area contributed by atoms with Crippen molar-refractivity contribution in [3.63, 3.8) is 0 Å². The number of aliphatic hydroxyl groups excluding tert-OH is 1. The standard InChI is InChI=1S/C38H43N11O6/c1-5-48-29(16-22(3)44-48)36(53)42-32-21-25-18-24(34(39)51)10-11-28(25)46(32)12-7-8-13-47-33-27(19-26(35(40)52)20-31(33)55-15-9-14-50)41-38(47)43-37(54)30-17-23(4)45-49(30)6-2/h7-8,10-11,16-20,50H,5-6,9,12-15,21H2,1-4H3,(H2,39,51)(H2,40,52)(H,41,43,54)/b8-7+,42-32?. The van der Waals surface area contributed by atoms with Gasteiger partial charge >= 0.3 is 0 Å². The molecule has 55 heavy (non-hydrogen) atoms. The molecule has 6 N–H and O–H groups in total. The Bertz CT molecular complexity index is 2370. The van der Waals surface area contributed by atoms with E-state index in [1.54, 1.807) is 51.2 Å². The van der Waals surface area contributed by atoms with Crippen LogP contribution in [0, 0.1) is 13.8 Å². The Kier molecular flexibility index (Phi) is 11.2. The van der Waals surface area contributed by atoms with Gasteiger partial charge in [-0.3, -0.25) is 33.9 Å². The van der Waals surface area contributed by atoms with Crippen LogP contribution in [0.2, 0.25) is 0 Å². The van der Waals surface area contributed by atoms with Crippen molar-refractivity contribution in [2.24, 2.45) is 16.5 Å². The molecule has 0 bridgehead atoms. The summed E-state index contributed by atoms with van der Waals surface area (Å²) >= 11 is 0. The number of carbonyl (C=O) groups excluding carboxylic acids is 4. The molecular formula is C38H43N11O6. The second-order valence-corrected chi connectivity index (χ2v) is 12.9. The van der Waals surface area contributed by atoms with E-state index in [2.05, 4.69) is 25.5 Å². The molecule has 0 aliphatic carbocycles. The smallest absolute Gasteiger partial charge is 0.296 e. The van der Waals surface area contributed by atoms with Crippen molar-refractivity contribution in [2.75, 3.05) is 30.0 Å². The minimum Gasteiger partial charge on any atom is -0.491 e. The molecular weight excluding hydrogens is 706 g/mol. The van der Waals surface area contributed by atoms with Gasteiger partial charge in [-0.25, -0.2) is 4.98 Å². The van der Waals surface area contributed by atoms with Gasteiger partial charge < -0.3 is 30.8 Å². The van der Waals surface area contributed by atoms with Crippen molar-refractivity contribution >= 4 is 52.1 Å². The lowest BCUT2D eigenvalue weighted by atomic mass is 10.1. The number of aliphatic imine (C=N–C) groups is 1. The molecule has 2 aromatic carbocycles. The summed E-state index contributed by atoms with van der Waals surface area (Å²) < 4.78 is 11.0. The molecule has 0 fully saturated rings. The first-order valence-corrected chi connectivity index (χ1v) is 17.9. The highest BCUT2D eigenvalue weighted by molar-refractivity contribution is 6.13. The number of carbonyl (C=O) groups is 4. The van der Waals surface area contributed by atoms with E-state index in [0.717, 1.165) is 11.3 Å². The lowest BCUT2D eigenvalue weighted by Gasteiger charge is -2.19. The van der Waals surface area contributed by atoms with E-state index in [1.807, 2.05) is 37.8 Å². The lowest BCUT2D eigenvalue weighted by Crippen LogP contribution is -2.28. The number of aliphatic hydroxyl groups is 1. The third-order valence-corrected chi connectivity index (χ3v) is 9.02. The summed E-state index contributed by atoms with van der Waals surface area (Å²) in [5.74, 6) is -1.17. The van der Waals surface area contributed by atoms with Gasteiger partial charge in [-0.15, -0.1) is 0 Å². The van der Waals surface area contributed by atoms with Gasteiger partial charge in [0.25, 0.3) is 11.8 Å². The number of rotatable bonds is 15. The monoisotopic (exact) mass is 749 g/mol. The van der Waals surface area contributed by atoms with E-state index in [9.17, 15) is 24.3 Å². The number of amidine groups is 1. The van der Waals surface area contributed by atoms with Gasteiger partial charge in [0.2, 0.25) is 17.8 Å². The highest BCUT2D eigenvalue weighted by Gasteiger charge is 2.28. The minimum atomic E-state index is -0.685. The van der Waals surface area contributed by atoms with Crippen molar-refractivity contribution in [3.8, 4) is 5.75 Å². The van der Waals surface area contributed by atoms with Crippen LogP contribution in [0.3, 0.4) is 0 Å². The van der Waals surface area contributed by atoms with Crippen molar-refractivity contribution in [1.29, 1.82) is 0 Å². The number of nitrogens with one attached hydrogen (secondary N) is 1. The number of aryl methyl sites for hydroxylation is 4. The van der Waals surface area contributed by atoms with Gasteiger partial charge in [0.15, 0.2) is 0 Å². The molecule has 0 radical (unpaired) electrons. The first kappa shape index (κ1) is 38.1. The predicted octanol–water partition coefficient (Wildman–Crippen LogP) is 3.16. The molecule has 4 heterocycles. The van der Waals surface area contributed by atoms with Gasteiger partial charge in [-0.2, -0.15) is 15.2 Å². The number of anilines is 2. The molecule has 4 amide bonds. The average molecular weight is 750 g/mol. The van der Waals surface area contributed by atoms with Gasteiger partial charge in [0.1, 0.15) is 28.5 Å². The van der Waals surface area contributed by atoms with E-state index in [0.29, 0.717) is 76.9 Å². The minimum absolute atomic E-state index is 0.102. The summed E-state index contributed by atoms with van der Waals surface area (Å²) in [6.45, 7) is 8.88. The zero-order valence-electron chi connectivity index (χ0n) is 31.1. The van der Waals surface area contributed by atoms with Crippen molar-refractivity contribution in [2.45, 2.75) is 60.2 Å². The number of allylic oxidation sites excluding steroid dienone is 1. The molecule has 1 aliphatic rings. The normalized spacial score (nSPS) is 13.3. The SMILES string of the molecule is CCn1nc(C)cc1C(=O)N=C1Cc2cc(C(N)=O)ccc2N1C/C=C/Cn1c(NC(=O)c2cc(C)nn2CC)nc2cc(C(N)=O)cc(OCCCO)c21. The van der Waals surface area contributed by atoms with E-state index in [4.69, 9.17) is 16.2 Å². The van der Waals surface area contributed by atoms with Crippen LogP contribution in [0.1, 0.15) is 78.9 Å². The van der Waals surface area contributed by atoms with Gasteiger partial charge in [0.05, 0.1) is 23.5 Å². The number of fused-ring (bicyclic) bond motifs is 2. The Morgan fingerprint density at radius 2 is 1.58 bits per heavy atom. The fraction of sp³-hybridized carbons (Fsp3) is 0.316. The molecule has 5 aromatic rings. The number of aromatic nitrogens is 6. The first-order chi connectivity index (χ1) is 26.4. The summed E-state index contributed by atoms with van der Waals surface area (Å²) in [6, 6.07) is 11.5. The molecule has 0 unspecified atom stereocenters. The molecule has 6 rings (SSSR count). The van der Waals surface area contributed by atoms with E-state index < -0.39 is 23.6 Å². The van der Waals surface area contributed by atoms with Gasteiger partial charge in [-0.05, 0) is 75.7 Å². The number of imidazole rings is 1. The second kappa shape index (κ2) is 16.2. The maximum atomic E-state index is 13.6. The number of amides is 4. The zero-order chi connectivity index (χ0) is 39.4. The number of hydrogen-bond acceptors (Lipinski definition) is 9. The summed E-state index contributed by atoms with van der Waals surface area (Å²) in [5.41, 5.74) is 16.2. The van der Waals surface area contributed by atoms with Crippen LogP contribution < -0.4 is 26.4 Å². The van der Waals surface area contributed by atoms with Crippen LogP contribution in [0.15, 0.2) is 59.6 Å². The second-order valence-electron chi connectivity index (χ2n) is 12.9. The molecule has 286 valence electrons. The third-order valence-electron chi connectivity index (χ3n) is 9.02. The van der Waals surface area contributed by atoms with Crippen molar-refractivity contribution < 1.29 is 29.0 Å². The number of nitrogens with two attached hydrogens (primary N) is 2. The van der Waals surface area contributed by atoms with Crippen LogP contribution in [0.5, 0.6) is 5.75 Å². The number of benzene rings is 2. The largest absolute Gasteiger partial charge is 0.491 e. The number of hydrogen-bond donors (Lipinski definition) is 4. The van der Waals surface area contributed by atoms with Crippen LogP contribution in [-0.2, 0) is 26.1 Å². The van der Waals surface area contributed by atoms with Crippen molar-refractivity contribution in [3.05, 3.63) is 94.1 Å². The van der Waals surface area contributed by atoms with Crippen molar-refractivity contribution in [1.82, 2.24) is 29.1 Å². The lowest BCUT2D eigenvalue weighted by molar-refractivity contribution is 0.0986. The molecule has 17 nitrogen and oxygen atoms in total. The topological polar surface area (TPSA) is 231 Å². The molecule has 17 heteroatoms. The Morgan fingerprint density at radius 1 is 0.909 bits per heavy atom. The summed E-state index contributed by atoms with van der Waals surface area (Å²) in [7, 11) is 0.